The van der Waals surface area contributed by atoms with Gasteiger partial charge in [-0.3, -0.25) is 10.1 Å². The van der Waals surface area contributed by atoms with Crippen LogP contribution in [-0.4, -0.2) is 5.91 Å². The first-order valence-corrected chi connectivity index (χ1v) is 7.68. The maximum Gasteiger partial charge on any atom is 0.258 e. The minimum atomic E-state index is -0.249. The zero-order valence-corrected chi connectivity index (χ0v) is 13.3. The van der Waals surface area contributed by atoms with Gasteiger partial charge in [0, 0.05) is 10.0 Å². The van der Waals surface area contributed by atoms with E-state index in [1.165, 1.54) is 6.26 Å². The molecule has 0 aromatic heterocycles. The van der Waals surface area contributed by atoms with E-state index >= 15 is 0 Å². The first-order chi connectivity index (χ1) is 10.7. The molecule has 0 bridgehead atoms. The Morgan fingerprint density at radius 3 is 2.73 bits per heavy atom. The highest BCUT2D eigenvalue weighted by Crippen LogP contribution is 2.25. The van der Waals surface area contributed by atoms with Gasteiger partial charge < -0.3 is 9.47 Å². The molecule has 0 fully saturated rings. The lowest BCUT2D eigenvalue weighted by molar-refractivity contribution is 0.0925. The van der Waals surface area contributed by atoms with Crippen molar-refractivity contribution in [3.8, 4) is 0 Å². The normalized spacial score (nSPS) is 16.7. The number of nitrogens with one attached hydrogen (secondary N) is 1. The third kappa shape index (κ3) is 3.49. The Morgan fingerprint density at radius 2 is 2.00 bits per heavy atom. The molecule has 1 aliphatic heterocycles. The number of halogens is 1. The van der Waals surface area contributed by atoms with Gasteiger partial charge in [-0.05, 0) is 42.7 Å². The molecular formula is C17H14BrNO3. The van der Waals surface area contributed by atoms with Crippen molar-refractivity contribution in [1.82, 2.24) is 5.32 Å². The van der Waals surface area contributed by atoms with Crippen molar-refractivity contribution in [2.75, 3.05) is 0 Å². The average Bonchev–Trinajstić information content (AvgIpc) is 2.56. The molecule has 0 unspecified atom stereocenters. The van der Waals surface area contributed by atoms with Crippen molar-refractivity contribution in [2.24, 2.45) is 0 Å². The Labute approximate surface area is 136 Å². The molecule has 0 radical (unpaired) electrons. The number of rotatable bonds is 3. The molecule has 0 saturated carbocycles. The smallest absolute Gasteiger partial charge is 0.258 e. The van der Waals surface area contributed by atoms with E-state index in [1.807, 2.05) is 24.3 Å². The van der Waals surface area contributed by atoms with Crippen molar-refractivity contribution in [2.45, 2.75) is 12.8 Å². The van der Waals surface area contributed by atoms with E-state index in [0.717, 1.165) is 22.9 Å². The molecule has 1 amide bonds. The molecular weight excluding hydrogens is 346 g/mol. The molecule has 0 spiro atoms. The van der Waals surface area contributed by atoms with Gasteiger partial charge in [0.1, 0.15) is 6.26 Å². The first-order valence-electron chi connectivity index (χ1n) is 6.89. The summed E-state index contributed by atoms with van der Waals surface area (Å²) in [6.45, 7) is 0. The lowest BCUT2D eigenvalue weighted by Crippen LogP contribution is -2.25. The fourth-order valence-corrected chi connectivity index (χ4v) is 2.38. The molecule has 1 aromatic carbocycles. The molecule has 0 saturated heterocycles. The number of amides is 1. The van der Waals surface area contributed by atoms with Gasteiger partial charge in [-0.2, -0.15) is 0 Å². The topological polar surface area (TPSA) is 47.6 Å². The van der Waals surface area contributed by atoms with Crippen LogP contribution in [-0.2, 0) is 9.47 Å². The average molecular weight is 360 g/mol. The summed E-state index contributed by atoms with van der Waals surface area (Å²) >= 11 is 3.34. The molecule has 1 heterocycles. The number of carbonyl (C=O) groups is 1. The third-order valence-electron chi connectivity index (χ3n) is 3.24. The van der Waals surface area contributed by atoms with Gasteiger partial charge in [0.2, 0.25) is 5.88 Å². The first kappa shape index (κ1) is 14.7. The van der Waals surface area contributed by atoms with Crippen molar-refractivity contribution in [1.29, 1.82) is 0 Å². The standard InChI is InChI=1S/C17H14BrNO3/c18-14-8-6-13(7-9-14)17(20)19-16-11-21-10-15(22-16)12-4-2-1-3-5-12/h1-2,4,6-11H,3,5H2,(H,19,20). The quantitative estimate of drug-likeness (QED) is 0.881. The van der Waals surface area contributed by atoms with Gasteiger partial charge in [0.25, 0.3) is 5.91 Å². The second kappa shape index (κ2) is 6.66. The molecule has 22 heavy (non-hydrogen) atoms. The second-order valence-electron chi connectivity index (χ2n) is 4.82. The van der Waals surface area contributed by atoms with E-state index in [4.69, 9.17) is 9.47 Å². The van der Waals surface area contributed by atoms with Crippen LogP contribution < -0.4 is 5.32 Å². The van der Waals surface area contributed by atoms with Crippen molar-refractivity contribution >= 4 is 21.8 Å². The number of hydrogen-bond acceptors (Lipinski definition) is 3. The van der Waals surface area contributed by atoms with E-state index < -0.39 is 0 Å². The molecule has 2 aliphatic rings. The van der Waals surface area contributed by atoms with E-state index in [1.54, 1.807) is 18.4 Å². The summed E-state index contributed by atoms with van der Waals surface area (Å²) in [4.78, 5) is 12.2. The Morgan fingerprint density at radius 1 is 1.18 bits per heavy atom. The predicted molar refractivity (Wildman–Crippen MR) is 86.4 cm³/mol. The minimum Gasteiger partial charge on any atom is -0.463 e. The zero-order valence-electron chi connectivity index (χ0n) is 11.7. The summed E-state index contributed by atoms with van der Waals surface area (Å²) < 4.78 is 11.9. The van der Waals surface area contributed by atoms with Crippen molar-refractivity contribution in [3.05, 3.63) is 82.3 Å². The maximum absolute atomic E-state index is 12.2. The minimum absolute atomic E-state index is 0.249. The highest BCUT2D eigenvalue weighted by atomic mass is 79.9. The largest absolute Gasteiger partial charge is 0.463 e. The van der Waals surface area contributed by atoms with Crippen LogP contribution in [0.25, 0.3) is 0 Å². The monoisotopic (exact) mass is 359 g/mol. The lowest BCUT2D eigenvalue weighted by atomic mass is 10.0. The Kier molecular flexibility index (Phi) is 4.44. The van der Waals surface area contributed by atoms with Gasteiger partial charge >= 0.3 is 0 Å². The molecule has 1 N–H and O–H groups in total. The fraction of sp³-hybridized carbons (Fsp3) is 0.118. The van der Waals surface area contributed by atoms with Crippen LogP contribution in [0.2, 0.25) is 0 Å². The Balaban J connectivity index is 1.65. The SMILES string of the molecule is O=C(NC1=COC=C(C2=CC=CCC2)O1)c1ccc(Br)cc1. The number of allylic oxidation sites excluding steroid dienone is 4. The van der Waals surface area contributed by atoms with E-state index in [0.29, 0.717) is 11.3 Å². The summed E-state index contributed by atoms with van der Waals surface area (Å²) in [7, 11) is 0. The molecule has 1 aromatic rings. The lowest BCUT2D eigenvalue weighted by Gasteiger charge is -2.19. The number of benzene rings is 1. The van der Waals surface area contributed by atoms with Gasteiger partial charge in [0.15, 0.2) is 12.0 Å². The van der Waals surface area contributed by atoms with Crippen molar-refractivity contribution < 1.29 is 14.3 Å². The molecule has 3 rings (SSSR count). The van der Waals surface area contributed by atoms with Crippen LogP contribution in [0.1, 0.15) is 23.2 Å². The summed E-state index contributed by atoms with van der Waals surface area (Å²) in [6.07, 6.45) is 10.8. The maximum atomic E-state index is 12.2. The summed E-state index contributed by atoms with van der Waals surface area (Å²) in [5, 5.41) is 2.70. The van der Waals surface area contributed by atoms with Crippen LogP contribution in [0.4, 0.5) is 0 Å². The van der Waals surface area contributed by atoms with Crippen LogP contribution in [0.5, 0.6) is 0 Å². The van der Waals surface area contributed by atoms with Gasteiger partial charge in [-0.15, -0.1) is 0 Å². The van der Waals surface area contributed by atoms with Crippen molar-refractivity contribution in [3.63, 3.8) is 0 Å². The molecule has 4 nitrogen and oxygen atoms in total. The zero-order chi connectivity index (χ0) is 15.4. The van der Waals surface area contributed by atoms with E-state index in [2.05, 4.69) is 27.3 Å². The molecule has 0 atom stereocenters. The number of carbonyl (C=O) groups excluding carboxylic acids is 1. The summed E-state index contributed by atoms with van der Waals surface area (Å²) in [5.41, 5.74) is 1.59. The molecule has 112 valence electrons. The van der Waals surface area contributed by atoms with Crippen LogP contribution in [0, 0.1) is 0 Å². The molecule has 1 aliphatic carbocycles. The van der Waals surface area contributed by atoms with Gasteiger partial charge in [-0.1, -0.05) is 34.2 Å². The fourth-order valence-electron chi connectivity index (χ4n) is 2.11. The highest BCUT2D eigenvalue weighted by molar-refractivity contribution is 9.10. The highest BCUT2D eigenvalue weighted by Gasteiger charge is 2.17. The number of hydrogen-bond donors (Lipinski definition) is 1. The summed E-state index contributed by atoms with van der Waals surface area (Å²) in [6, 6.07) is 7.09. The Hall–Kier alpha value is -2.27. The van der Waals surface area contributed by atoms with Crippen LogP contribution in [0.3, 0.4) is 0 Å². The van der Waals surface area contributed by atoms with Gasteiger partial charge in [-0.25, -0.2) is 0 Å². The van der Waals surface area contributed by atoms with E-state index in [9.17, 15) is 4.79 Å². The second-order valence-corrected chi connectivity index (χ2v) is 5.74. The predicted octanol–water partition coefficient (Wildman–Crippen LogP) is 4.14. The third-order valence-corrected chi connectivity index (χ3v) is 3.77. The van der Waals surface area contributed by atoms with Crippen LogP contribution in [0.15, 0.2) is 76.7 Å². The summed E-state index contributed by atoms with van der Waals surface area (Å²) in [5.74, 6) is 0.653. The van der Waals surface area contributed by atoms with Gasteiger partial charge in [0.05, 0.1) is 0 Å². The Bertz CT molecular complexity index is 699. The number of ether oxygens (including phenoxy) is 2. The van der Waals surface area contributed by atoms with E-state index in [-0.39, 0.29) is 11.8 Å². The van der Waals surface area contributed by atoms with Crippen LogP contribution >= 0.6 is 15.9 Å². The molecule has 5 heteroatoms.